The van der Waals surface area contributed by atoms with E-state index in [0.717, 1.165) is 11.3 Å². The van der Waals surface area contributed by atoms with Gasteiger partial charge in [0.2, 0.25) is 0 Å². The molecule has 8 heteroatoms. The highest BCUT2D eigenvalue weighted by molar-refractivity contribution is 6.01. The summed E-state index contributed by atoms with van der Waals surface area (Å²) in [7, 11) is 0. The monoisotopic (exact) mass is 386 g/mol. The summed E-state index contributed by atoms with van der Waals surface area (Å²) < 4.78 is 29.5. The standard InChI is InChI=1S/C20H20F2N4O2/c21-14-3-1-2-13(8-14)18-9-15(22)12-25(18)16-4-6-26-19(10-16)17(11-24-26)20(28)23-5-7-27/h1-4,6,8,10-11,15,18,27H,5,7,9,12H2,(H,23,28)/t15-,18+/m0/s1. The van der Waals surface area contributed by atoms with Crippen LogP contribution in [0.1, 0.15) is 28.4 Å². The number of hydrogen-bond acceptors (Lipinski definition) is 4. The summed E-state index contributed by atoms with van der Waals surface area (Å²) in [5, 5.41) is 15.7. The fourth-order valence-electron chi connectivity index (χ4n) is 3.69. The highest BCUT2D eigenvalue weighted by atomic mass is 19.1. The van der Waals surface area contributed by atoms with Crippen molar-refractivity contribution in [3.05, 3.63) is 65.7 Å². The van der Waals surface area contributed by atoms with E-state index in [9.17, 15) is 13.6 Å². The van der Waals surface area contributed by atoms with Gasteiger partial charge in [0.1, 0.15) is 12.0 Å². The minimum absolute atomic E-state index is 0.146. The number of rotatable bonds is 5. The van der Waals surface area contributed by atoms with Crippen LogP contribution in [0, 0.1) is 5.82 Å². The fraction of sp³-hybridized carbons (Fsp3) is 0.300. The lowest BCUT2D eigenvalue weighted by Crippen LogP contribution is -2.26. The van der Waals surface area contributed by atoms with Crippen molar-refractivity contribution in [2.24, 2.45) is 0 Å². The summed E-state index contributed by atoms with van der Waals surface area (Å²) in [6.45, 7) is 0.182. The number of hydrogen-bond donors (Lipinski definition) is 2. The number of nitrogens with one attached hydrogen (secondary N) is 1. The van der Waals surface area contributed by atoms with Crippen LogP contribution in [0.15, 0.2) is 48.8 Å². The molecule has 0 spiro atoms. The number of halogens is 2. The second-order valence-corrected chi connectivity index (χ2v) is 6.81. The molecule has 28 heavy (non-hydrogen) atoms. The van der Waals surface area contributed by atoms with Crippen LogP contribution in [-0.4, -0.2) is 46.5 Å². The first-order chi connectivity index (χ1) is 13.6. The molecule has 146 valence electrons. The van der Waals surface area contributed by atoms with Gasteiger partial charge in [-0.25, -0.2) is 13.3 Å². The first-order valence-corrected chi connectivity index (χ1v) is 9.09. The average molecular weight is 386 g/mol. The maximum Gasteiger partial charge on any atom is 0.255 e. The molecule has 3 heterocycles. The summed E-state index contributed by atoms with van der Waals surface area (Å²) >= 11 is 0. The van der Waals surface area contributed by atoms with Gasteiger partial charge in [-0.2, -0.15) is 5.10 Å². The number of aromatic nitrogens is 2. The van der Waals surface area contributed by atoms with Crippen LogP contribution in [-0.2, 0) is 0 Å². The Morgan fingerprint density at radius 2 is 2.18 bits per heavy atom. The molecule has 1 aliphatic rings. The lowest BCUT2D eigenvalue weighted by atomic mass is 10.0. The van der Waals surface area contributed by atoms with Gasteiger partial charge in [-0.1, -0.05) is 12.1 Å². The van der Waals surface area contributed by atoms with Crippen molar-refractivity contribution in [1.82, 2.24) is 14.9 Å². The van der Waals surface area contributed by atoms with Gasteiger partial charge in [0, 0.05) is 31.4 Å². The first kappa shape index (κ1) is 18.4. The van der Waals surface area contributed by atoms with Crippen molar-refractivity contribution >= 4 is 17.1 Å². The first-order valence-electron chi connectivity index (χ1n) is 9.09. The third kappa shape index (κ3) is 3.43. The number of carbonyl (C=O) groups is 1. The van der Waals surface area contributed by atoms with E-state index < -0.39 is 6.17 Å². The number of amides is 1. The molecule has 2 atom stereocenters. The number of pyridine rings is 1. The number of anilines is 1. The largest absolute Gasteiger partial charge is 0.395 e. The van der Waals surface area contributed by atoms with Crippen LogP contribution in [0.2, 0.25) is 0 Å². The van der Waals surface area contributed by atoms with Gasteiger partial charge in [0.15, 0.2) is 0 Å². The summed E-state index contributed by atoms with van der Waals surface area (Å²) in [6, 6.07) is 9.52. The Hall–Kier alpha value is -3.00. The Bertz CT molecular complexity index is 1010. The quantitative estimate of drug-likeness (QED) is 0.707. The van der Waals surface area contributed by atoms with Gasteiger partial charge in [0.25, 0.3) is 5.91 Å². The zero-order valence-corrected chi connectivity index (χ0v) is 15.1. The second kappa shape index (κ2) is 7.55. The van der Waals surface area contributed by atoms with Gasteiger partial charge in [-0.3, -0.25) is 4.79 Å². The zero-order valence-electron chi connectivity index (χ0n) is 15.1. The normalized spacial score (nSPS) is 19.3. The van der Waals surface area contributed by atoms with Crippen LogP contribution in [0.5, 0.6) is 0 Å². The number of carbonyl (C=O) groups excluding carboxylic acids is 1. The van der Waals surface area contributed by atoms with Crippen LogP contribution >= 0.6 is 0 Å². The minimum Gasteiger partial charge on any atom is -0.395 e. The van der Waals surface area contributed by atoms with Gasteiger partial charge in [-0.05, 0) is 29.8 Å². The molecule has 0 radical (unpaired) electrons. The van der Waals surface area contributed by atoms with Gasteiger partial charge in [-0.15, -0.1) is 0 Å². The zero-order chi connectivity index (χ0) is 19.7. The topological polar surface area (TPSA) is 69.9 Å². The van der Waals surface area contributed by atoms with E-state index in [1.54, 1.807) is 35.0 Å². The molecule has 1 aliphatic heterocycles. The Morgan fingerprint density at radius 1 is 1.32 bits per heavy atom. The predicted octanol–water partition coefficient (Wildman–Crippen LogP) is 2.49. The number of aliphatic hydroxyl groups is 1. The van der Waals surface area contributed by atoms with Crippen molar-refractivity contribution in [3.8, 4) is 0 Å². The maximum absolute atomic E-state index is 14.3. The highest BCUT2D eigenvalue weighted by Crippen LogP contribution is 2.38. The average Bonchev–Trinajstić information content (AvgIpc) is 3.29. The van der Waals surface area contributed by atoms with Gasteiger partial charge < -0.3 is 15.3 Å². The van der Waals surface area contributed by atoms with E-state index in [-0.39, 0.29) is 43.9 Å². The van der Waals surface area contributed by atoms with Gasteiger partial charge in [0.05, 0.1) is 29.9 Å². The second-order valence-electron chi connectivity index (χ2n) is 6.81. The van der Waals surface area contributed by atoms with E-state index in [4.69, 9.17) is 5.11 Å². The van der Waals surface area contributed by atoms with Crippen molar-refractivity contribution in [3.63, 3.8) is 0 Å². The molecule has 6 nitrogen and oxygen atoms in total. The van der Waals surface area contributed by atoms with Crippen molar-refractivity contribution in [2.75, 3.05) is 24.6 Å². The minimum atomic E-state index is -1.03. The number of nitrogens with zero attached hydrogens (tertiary/aromatic N) is 3. The van der Waals surface area contributed by atoms with Crippen molar-refractivity contribution in [1.29, 1.82) is 0 Å². The molecule has 2 aromatic heterocycles. The molecule has 2 N–H and O–H groups in total. The number of fused-ring (bicyclic) bond motifs is 1. The van der Waals surface area contributed by atoms with Crippen LogP contribution in [0.4, 0.5) is 14.5 Å². The van der Waals surface area contributed by atoms with Crippen LogP contribution < -0.4 is 10.2 Å². The highest BCUT2D eigenvalue weighted by Gasteiger charge is 2.34. The summed E-state index contributed by atoms with van der Waals surface area (Å²) in [5.41, 5.74) is 2.40. The lowest BCUT2D eigenvalue weighted by molar-refractivity contribution is 0.0946. The number of aliphatic hydroxyl groups excluding tert-OH is 1. The molecule has 0 bridgehead atoms. The SMILES string of the molecule is O=C(NCCO)c1cnn2ccc(N3C[C@@H](F)C[C@@H]3c3cccc(F)c3)cc12. The predicted molar refractivity (Wildman–Crippen MR) is 101 cm³/mol. The number of benzene rings is 1. The van der Waals surface area contributed by atoms with E-state index in [1.165, 1.54) is 18.3 Å². The third-order valence-corrected chi connectivity index (χ3v) is 4.96. The Morgan fingerprint density at radius 3 is 2.96 bits per heavy atom. The Balaban J connectivity index is 1.70. The van der Waals surface area contributed by atoms with Crippen LogP contribution in [0.3, 0.4) is 0 Å². The van der Waals surface area contributed by atoms with Gasteiger partial charge >= 0.3 is 0 Å². The Labute approximate surface area is 160 Å². The summed E-state index contributed by atoms with van der Waals surface area (Å²) in [4.78, 5) is 14.2. The van der Waals surface area contributed by atoms with E-state index in [2.05, 4.69) is 10.4 Å². The number of alkyl halides is 1. The van der Waals surface area contributed by atoms with E-state index in [0.29, 0.717) is 11.1 Å². The molecule has 1 amide bonds. The Kier molecular flexibility index (Phi) is 4.95. The smallest absolute Gasteiger partial charge is 0.255 e. The van der Waals surface area contributed by atoms with E-state index >= 15 is 0 Å². The summed E-state index contributed by atoms with van der Waals surface area (Å²) in [6.07, 6.45) is 2.42. The molecular weight excluding hydrogens is 366 g/mol. The molecule has 0 unspecified atom stereocenters. The molecule has 1 aromatic carbocycles. The van der Waals surface area contributed by atoms with Crippen LogP contribution in [0.25, 0.3) is 5.52 Å². The van der Waals surface area contributed by atoms with Crippen molar-refractivity contribution < 1.29 is 18.7 Å². The molecule has 1 fully saturated rings. The summed E-state index contributed by atoms with van der Waals surface area (Å²) in [5.74, 6) is -0.693. The van der Waals surface area contributed by atoms with E-state index in [1.807, 2.05) is 4.90 Å². The molecule has 0 aliphatic carbocycles. The molecule has 0 saturated carbocycles. The molecule has 1 saturated heterocycles. The fourth-order valence-corrected chi connectivity index (χ4v) is 3.69. The molecule has 3 aromatic rings. The molecular formula is C20H20F2N4O2. The lowest BCUT2D eigenvalue weighted by Gasteiger charge is -2.27. The van der Waals surface area contributed by atoms with Crippen molar-refractivity contribution in [2.45, 2.75) is 18.6 Å². The molecule has 4 rings (SSSR count). The third-order valence-electron chi connectivity index (χ3n) is 4.96. The maximum atomic E-state index is 14.3.